The van der Waals surface area contributed by atoms with Crippen LogP contribution in [-0.2, 0) is 0 Å². The summed E-state index contributed by atoms with van der Waals surface area (Å²) < 4.78 is 18.4. The van der Waals surface area contributed by atoms with Crippen LogP contribution < -0.4 is 10.5 Å². The van der Waals surface area contributed by atoms with Crippen molar-refractivity contribution in [1.29, 1.82) is 5.26 Å². The number of nitrogens with two attached hydrogens (primary N) is 1. The molecule has 6 nitrogen and oxygen atoms in total. The van der Waals surface area contributed by atoms with Crippen molar-refractivity contribution in [1.82, 2.24) is 0 Å². The standard InChI is InChI=1S/C13H8FN3O3/c14-11-3-1-10(6-12(11)16)20-9-2-4-13(17(18)19)8(5-9)7-15/h1-6H,16H2. The van der Waals surface area contributed by atoms with Crippen LogP contribution in [0.4, 0.5) is 15.8 Å². The summed E-state index contributed by atoms with van der Waals surface area (Å²) in [6, 6.07) is 9.25. The Morgan fingerprint density at radius 1 is 1.25 bits per heavy atom. The van der Waals surface area contributed by atoms with E-state index in [0.29, 0.717) is 0 Å². The van der Waals surface area contributed by atoms with E-state index in [0.717, 1.165) is 6.07 Å². The van der Waals surface area contributed by atoms with E-state index in [1.54, 1.807) is 6.07 Å². The smallest absolute Gasteiger partial charge is 0.287 e. The average molecular weight is 273 g/mol. The van der Waals surface area contributed by atoms with Crippen molar-refractivity contribution in [3.05, 3.63) is 57.9 Å². The average Bonchev–Trinajstić information content (AvgIpc) is 2.42. The molecule has 0 heterocycles. The third kappa shape index (κ3) is 2.64. The highest BCUT2D eigenvalue weighted by Gasteiger charge is 2.14. The summed E-state index contributed by atoms with van der Waals surface area (Å²) in [5.41, 5.74) is 4.89. The Hall–Kier alpha value is -3.14. The lowest BCUT2D eigenvalue weighted by atomic mass is 10.2. The van der Waals surface area contributed by atoms with Crippen LogP contribution in [0.1, 0.15) is 5.56 Å². The molecule has 0 unspecified atom stereocenters. The number of nitrogens with zero attached hydrogens (tertiary/aromatic N) is 2. The largest absolute Gasteiger partial charge is 0.457 e. The highest BCUT2D eigenvalue weighted by Crippen LogP contribution is 2.28. The molecule has 0 bridgehead atoms. The summed E-state index contributed by atoms with van der Waals surface area (Å²) in [6.45, 7) is 0. The molecule has 0 aromatic heterocycles. The molecule has 0 atom stereocenters. The number of anilines is 1. The molecule has 0 amide bonds. The van der Waals surface area contributed by atoms with Crippen molar-refractivity contribution < 1.29 is 14.1 Å². The van der Waals surface area contributed by atoms with Crippen molar-refractivity contribution in [3.8, 4) is 17.6 Å². The fourth-order valence-electron chi connectivity index (χ4n) is 1.55. The third-order valence-corrected chi connectivity index (χ3v) is 2.49. The number of benzene rings is 2. The third-order valence-electron chi connectivity index (χ3n) is 2.49. The predicted molar refractivity (Wildman–Crippen MR) is 68.7 cm³/mol. The summed E-state index contributed by atoms with van der Waals surface area (Å²) in [5.74, 6) is -0.0847. The van der Waals surface area contributed by atoms with E-state index >= 15 is 0 Å². The molecule has 0 aliphatic heterocycles. The van der Waals surface area contributed by atoms with E-state index in [4.69, 9.17) is 15.7 Å². The number of ether oxygens (including phenoxy) is 1. The zero-order chi connectivity index (χ0) is 14.7. The van der Waals surface area contributed by atoms with Crippen LogP contribution in [0, 0.1) is 27.3 Å². The van der Waals surface area contributed by atoms with Gasteiger partial charge in [0.15, 0.2) is 0 Å². The number of rotatable bonds is 3. The van der Waals surface area contributed by atoms with Crippen LogP contribution >= 0.6 is 0 Å². The fraction of sp³-hybridized carbons (Fsp3) is 0. The van der Waals surface area contributed by atoms with Gasteiger partial charge >= 0.3 is 0 Å². The molecular formula is C13H8FN3O3. The molecule has 0 saturated carbocycles. The van der Waals surface area contributed by atoms with Gasteiger partial charge in [-0.3, -0.25) is 10.1 Å². The van der Waals surface area contributed by atoms with E-state index in [2.05, 4.69) is 0 Å². The van der Waals surface area contributed by atoms with Gasteiger partial charge in [0.25, 0.3) is 5.69 Å². The summed E-state index contributed by atoms with van der Waals surface area (Å²) in [5, 5.41) is 19.5. The minimum atomic E-state index is -0.655. The van der Waals surface area contributed by atoms with Gasteiger partial charge in [0.05, 0.1) is 10.6 Å². The van der Waals surface area contributed by atoms with E-state index < -0.39 is 10.7 Å². The van der Waals surface area contributed by atoms with E-state index in [1.165, 1.54) is 30.3 Å². The SMILES string of the molecule is N#Cc1cc(Oc2ccc(F)c(N)c2)ccc1[N+](=O)[O-]. The summed E-state index contributed by atoms with van der Waals surface area (Å²) in [4.78, 5) is 10.0. The summed E-state index contributed by atoms with van der Waals surface area (Å²) >= 11 is 0. The molecule has 2 rings (SSSR count). The lowest BCUT2D eigenvalue weighted by molar-refractivity contribution is -0.385. The Morgan fingerprint density at radius 3 is 2.50 bits per heavy atom. The molecule has 0 radical (unpaired) electrons. The first-order valence-electron chi connectivity index (χ1n) is 5.42. The quantitative estimate of drug-likeness (QED) is 0.526. The number of nitriles is 1. The van der Waals surface area contributed by atoms with Crippen molar-refractivity contribution in [2.75, 3.05) is 5.73 Å². The zero-order valence-electron chi connectivity index (χ0n) is 10.0. The van der Waals surface area contributed by atoms with Gasteiger partial charge in [0.2, 0.25) is 0 Å². The molecule has 2 aromatic rings. The van der Waals surface area contributed by atoms with Crippen LogP contribution in [0.5, 0.6) is 11.5 Å². The maximum Gasteiger partial charge on any atom is 0.287 e. The van der Waals surface area contributed by atoms with Crippen LogP contribution in [-0.4, -0.2) is 4.92 Å². The minimum absolute atomic E-state index is 0.0788. The van der Waals surface area contributed by atoms with Crippen LogP contribution in [0.2, 0.25) is 0 Å². The maximum absolute atomic E-state index is 13.0. The molecule has 0 aliphatic carbocycles. The van der Waals surface area contributed by atoms with Gasteiger partial charge in [-0.15, -0.1) is 0 Å². The number of hydrogen-bond donors (Lipinski definition) is 1. The second-order valence-electron chi connectivity index (χ2n) is 3.83. The van der Waals surface area contributed by atoms with Gasteiger partial charge in [0.1, 0.15) is 28.9 Å². The lowest BCUT2D eigenvalue weighted by Gasteiger charge is -2.07. The molecule has 0 fully saturated rings. The Bertz CT molecular complexity index is 725. The fourth-order valence-corrected chi connectivity index (χ4v) is 1.55. The van der Waals surface area contributed by atoms with Crippen molar-refractivity contribution in [3.63, 3.8) is 0 Å². The second-order valence-corrected chi connectivity index (χ2v) is 3.83. The highest BCUT2D eigenvalue weighted by atomic mass is 19.1. The Balaban J connectivity index is 2.32. The number of nitro benzene ring substituents is 1. The normalized spacial score (nSPS) is 9.80. The molecule has 7 heteroatoms. The molecule has 20 heavy (non-hydrogen) atoms. The van der Waals surface area contributed by atoms with Crippen LogP contribution in [0.3, 0.4) is 0 Å². The van der Waals surface area contributed by atoms with E-state index in [-0.39, 0.29) is 28.4 Å². The van der Waals surface area contributed by atoms with Gasteiger partial charge in [-0.1, -0.05) is 0 Å². The van der Waals surface area contributed by atoms with Gasteiger partial charge in [-0.2, -0.15) is 5.26 Å². The molecule has 2 aromatic carbocycles. The second kappa shape index (κ2) is 5.24. The van der Waals surface area contributed by atoms with Crippen molar-refractivity contribution in [2.45, 2.75) is 0 Å². The highest BCUT2D eigenvalue weighted by molar-refractivity contribution is 5.53. The van der Waals surface area contributed by atoms with Gasteiger partial charge in [-0.25, -0.2) is 4.39 Å². The first-order chi connectivity index (χ1) is 9.51. The number of nitrogen functional groups attached to an aromatic ring is 1. The number of halogens is 1. The zero-order valence-corrected chi connectivity index (χ0v) is 10.0. The van der Waals surface area contributed by atoms with Crippen molar-refractivity contribution >= 4 is 11.4 Å². The van der Waals surface area contributed by atoms with Crippen LogP contribution in [0.15, 0.2) is 36.4 Å². The molecule has 100 valence electrons. The Labute approximate surface area is 113 Å². The molecule has 0 saturated heterocycles. The van der Waals surface area contributed by atoms with Crippen molar-refractivity contribution in [2.24, 2.45) is 0 Å². The molecule has 2 N–H and O–H groups in total. The first kappa shape index (κ1) is 13.3. The van der Waals surface area contributed by atoms with Crippen LogP contribution in [0.25, 0.3) is 0 Å². The van der Waals surface area contributed by atoms with E-state index in [9.17, 15) is 14.5 Å². The molecule has 0 aliphatic rings. The minimum Gasteiger partial charge on any atom is -0.457 e. The summed E-state index contributed by atoms with van der Waals surface area (Å²) in [6.07, 6.45) is 0. The first-order valence-corrected chi connectivity index (χ1v) is 5.42. The summed E-state index contributed by atoms with van der Waals surface area (Å²) in [7, 11) is 0. The molecule has 0 spiro atoms. The lowest BCUT2D eigenvalue weighted by Crippen LogP contribution is -1.94. The topological polar surface area (TPSA) is 102 Å². The monoisotopic (exact) mass is 273 g/mol. The number of hydrogen-bond acceptors (Lipinski definition) is 5. The Kier molecular flexibility index (Phi) is 3.48. The molecular weight excluding hydrogens is 265 g/mol. The maximum atomic E-state index is 13.0. The van der Waals surface area contributed by atoms with Gasteiger partial charge < -0.3 is 10.5 Å². The van der Waals surface area contributed by atoms with Gasteiger partial charge in [-0.05, 0) is 18.2 Å². The predicted octanol–water partition coefficient (Wildman–Crippen LogP) is 2.98. The Morgan fingerprint density at radius 2 is 1.90 bits per heavy atom. The number of nitro groups is 1. The van der Waals surface area contributed by atoms with E-state index in [1.807, 2.05) is 0 Å². The van der Waals surface area contributed by atoms with Gasteiger partial charge in [0, 0.05) is 18.2 Å².